The standard InChI is InChI=1S/C34H31N5O5/c1-21-18-23(26-7-3-5-9-30(26)36-21)20-44-25-13-11-24(12-14-25)37-32(40)27-16-17-35-19-28(27)33(41)39(43)34(42)31-15-10-22-6-2-4-8-29(22)38-31/h2-15,18,27-28,35,43H,16-17,19-20H2,1H3,(H,37,40)/t27-,28-/m0/s1. The molecule has 1 saturated heterocycles. The summed E-state index contributed by atoms with van der Waals surface area (Å²) in [6.45, 7) is 2.97. The molecule has 0 unspecified atom stereocenters. The zero-order valence-corrected chi connectivity index (χ0v) is 24.1. The average Bonchev–Trinajstić information content (AvgIpc) is 3.06. The van der Waals surface area contributed by atoms with E-state index in [4.69, 9.17) is 4.74 Å². The van der Waals surface area contributed by atoms with Crippen LogP contribution < -0.4 is 15.4 Å². The third-order valence-corrected chi connectivity index (χ3v) is 7.80. The van der Waals surface area contributed by atoms with Gasteiger partial charge < -0.3 is 15.4 Å². The number of piperidine rings is 1. The van der Waals surface area contributed by atoms with Crippen LogP contribution in [-0.4, -0.2) is 51.0 Å². The number of aryl methyl sites for hydroxylation is 1. The number of anilines is 1. The molecule has 0 radical (unpaired) electrons. The van der Waals surface area contributed by atoms with Gasteiger partial charge in [0.2, 0.25) is 5.91 Å². The molecule has 1 aliphatic heterocycles. The Bertz CT molecular complexity index is 1860. The van der Waals surface area contributed by atoms with Gasteiger partial charge in [-0.05, 0) is 68.4 Å². The van der Waals surface area contributed by atoms with Crippen LogP contribution in [0.1, 0.15) is 28.2 Å². The molecule has 0 saturated carbocycles. The Morgan fingerprint density at radius 1 is 0.932 bits per heavy atom. The van der Waals surface area contributed by atoms with Crippen molar-refractivity contribution in [2.45, 2.75) is 20.0 Å². The lowest BCUT2D eigenvalue weighted by Gasteiger charge is -2.31. The van der Waals surface area contributed by atoms with Gasteiger partial charge in [-0.25, -0.2) is 4.98 Å². The zero-order valence-electron chi connectivity index (χ0n) is 24.1. The number of rotatable bonds is 7. The molecule has 2 aromatic heterocycles. The van der Waals surface area contributed by atoms with E-state index in [-0.39, 0.29) is 23.2 Å². The van der Waals surface area contributed by atoms with Gasteiger partial charge in [0, 0.05) is 34.3 Å². The summed E-state index contributed by atoms with van der Waals surface area (Å²) in [4.78, 5) is 48.4. The highest BCUT2D eigenvalue weighted by Crippen LogP contribution is 2.26. The Balaban J connectivity index is 1.09. The van der Waals surface area contributed by atoms with Crippen LogP contribution in [0.25, 0.3) is 21.8 Å². The van der Waals surface area contributed by atoms with Crippen LogP contribution in [0.4, 0.5) is 5.69 Å². The van der Waals surface area contributed by atoms with E-state index in [2.05, 4.69) is 20.6 Å². The van der Waals surface area contributed by atoms with Crippen molar-refractivity contribution in [1.29, 1.82) is 0 Å². The predicted octanol–water partition coefficient (Wildman–Crippen LogP) is 4.89. The first-order valence-corrected chi connectivity index (χ1v) is 14.4. The first-order valence-electron chi connectivity index (χ1n) is 14.4. The summed E-state index contributed by atoms with van der Waals surface area (Å²) in [5.74, 6) is -3.25. The van der Waals surface area contributed by atoms with Crippen molar-refractivity contribution in [2.24, 2.45) is 11.8 Å². The molecular formula is C34H31N5O5. The largest absolute Gasteiger partial charge is 0.489 e. The monoisotopic (exact) mass is 589 g/mol. The molecule has 222 valence electrons. The van der Waals surface area contributed by atoms with E-state index in [0.717, 1.165) is 27.5 Å². The van der Waals surface area contributed by atoms with Gasteiger partial charge in [0.05, 0.1) is 22.9 Å². The highest BCUT2D eigenvalue weighted by molar-refractivity contribution is 6.05. The second kappa shape index (κ2) is 12.6. The van der Waals surface area contributed by atoms with Crippen LogP contribution in [-0.2, 0) is 16.2 Å². The molecule has 0 aliphatic carbocycles. The maximum absolute atomic E-state index is 13.3. The van der Waals surface area contributed by atoms with Gasteiger partial charge in [-0.2, -0.15) is 5.06 Å². The van der Waals surface area contributed by atoms with E-state index >= 15 is 0 Å². The quantitative estimate of drug-likeness (QED) is 0.139. The summed E-state index contributed by atoms with van der Waals surface area (Å²) in [5.41, 5.74) is 3.88. The van der Waals surface area contributed by atoms with Crippen molar-refractivity contribution < 1.29 is 24.3 Å². The minimum absolute atomic E-state index is 0.0705. The molecule has 0 bridgehead atoms. The molecule has 1 aliphatic rings. The van der Waals surface area contributed by atoms with Crippen LogP contribution in [0, 0.1) is 18.8 Å². The molecule has 5 aromatic rings. The van der Waals surface area contributed by atoms with Crippen molar-refractivity contribution in [2.75, 3.05) is 18.4 Å². The molecule has 44 heavy (non-hydrogen) atoms. The highest BCUT2D eigenvalue weighted by Gasteiger charge is 2.40. The molecule has 0 spiro atoms. The SMILES string of the molecule is Cc1cc(COc2ccc(NC(=O)[C@H]3CCNC[C@@H]3C(=O)N(O)C(=O)c3ccc4ccccc4n3)cc2)c2ccccc2n1. The molecule has 10 nitrogen and oxygen atoms in total. The van der Waals surface area contributed by atoms with Crippen molar-refractivity contribution in [3.05, 3.63) is 108 Å². The number of hydrogen-bond acceptors (Lipinski definition) is 8. The van der Waals surface area contributed by atoms with E-state index in [0.29, 0.717) is 36.5 Å². The van der Waals surface area contributed by atoms with E-state index in [9.17, 15) is 19.6 Å². The summed E-state index contributed by atoms with van der Waals surface area (Å²) < 4.78 is 6.03. The number of amides is 3. The number of carbonyl (C=O) groups excluding carboxylic acids is 3. The number of hydrogen-bond donors (Lipinski definition) is 3. The predicted molar refractivity (Wildman–Crippen MR) is 165 cm³/mol. The summed E-state index contributed by atoms with van der Waals surface area (Å²) in [7, 11) is 0. The van der Waals surface area contributed by atoms with Crippen LogP contribution in [0.5, 0.6) is 5.75 Å². The number of para-hydroxylation sites is 2. The van der Waals surface area contributed by atoms with E-state index < -0.39 is 23.7 Å². The molecule has 3 aromatic carbocycles. The first kappa shape index (κ1) is 28.9. The van der Waals surface area contributed by atoms with Gasteiger partial charge in [-0.3, -0.25) is 24.6 Å². The molecular weight excluding hydrogens is 558 g/mol. The Hall–Kier alpha value is -5.19. The maximum atomic E-state index is 13.3. The summed E-state index contributed by atoms with van der Waals surface area (Å²) in [5, 5.41) is 18.5. The zero-order chi connectivity index (χ0) is 30.6. The lowest BCUT2D eigenvalue weighted by molar-refractivity contribution is -0.162. The third-order valence-electron chi connectivity index (χ3n) is 7.80. The molecule has 3 N–H and O–H groups in total. The fourth-order valence-electron chi connectivity index (χ4n) is 5.53. The van der Waals surface area contributed by atoms with E-state index in [1.54, 1.807) is 42.5 Å². The molecule has 6 rings (SSSR count). The maximum Gasteiger partial charge on any atom is 0.303 e. The number of carbonyl (C=O) groups is 3. The molecule has 1 fully saturated rings. The van der Waals surface area contributed by atoms with Gasteiger partial charge >= 0.3 is 5.91 Å². The van der Waals surface area contributed by atoms with Gasteiger partial charge in [-0.15, -0.1) is 0 Å². The number of nitrogens with one attached hydrogen (secondary N) is 2. The molecule has 3 amide bonds. The number of fused-ring (bicyclic) bond motifs is 2. The van der Waals surface area contributed by atoms with Crippen molar-refractivity contribution in [1.82, 2.24) is 20.3 Å². The fraction of sp³-hybridized carbons (Fsp3) is 0.206. The van der Waals surface area contributed by atoms with Crippen LogP contribution in [0.15, 0.2) is 91.0 Å². The van der Waals surface area contributed by atoms with E-state index in [1.165, 1.54) is 6.07 Å². The Kier molecular flexibility index (Phi) is 8.27. The number of aromatic nitrogens is 2. The number of imide groups is 1. The number of nitrogens with zero attached hydrogens (tertiary/aromatic N) is 3. The summed E-state index contributed by atoms with van der Waals surface area (Å²) >= 11 is 0. The number of benzene rings is 3. The van der Waals surface area contributed by atoms with Crippen LogP contribution in [0.3, 0.4) is 0 Å². The van der Waals surface area contributed by atoms with Gasteiger partial charge in [0.15, 0.2) is 0 Å². The van der Waals surface area contributed by atoms with Crippen molar-refractivity contribution >= 4 is 45.2 Å². The second-order valence-corrected chi connectivity index (χ2v) is 10.8. The van der Waals surface area contributed by atoms with Crippen molar-refractivity contribution in [3.63, 3.8) is 0 Å². The third kappa shape index (κ3) is 6.12. The number of ether oxygens (including phenoxy) is 1. The highest BCUT2D eigenvalue weighted by atomic mass is 16.5. The fourth-order valence-corrected chi connectivity index (χ4v) is 5.53. The molecule has 10 heteroatoms. The summed E-state index contributed by atoms with van der Waals surface area (Å²) in [6, 6.07) is 27.3. The topological polar surface area (TPSA) is 134 Å². The Labute approximate surface area is 253 Å². The molecule has 2 atom stereocenters. The average molecular weight is 590 g/mol. The lowest BCUT2D eigenvalue weighted by atomic mass is 9.84. The second-order valence-electron chi connectivity index (χ2n) is 10.8. The van der Waals surface area contributed by atoms with Crippen LogP contribution >= 0.6 is 0 Å². The minimum atomic E-state index is -0.948. The number of pyridine rings is 2. The Morgan fingerprint density at radius 2 is 1.68 bits per heavy atom. The van der Waals surface area contributed by atoms with Crippen molar-refractivity contribution in [3.8, 4) is 5.75 Å². The van der Waals surface area contributed by atoms with Crippen LogP contribution in [0.2, 0.25) is 0 Å². The van der Waals surface area contributed by atoms with Gasteiger partial charge in [0.1, 0.15) is 18.1 Å². The van der Waals surface area contributed by atoms with E-state index in [1.807, 2.05) is 49.4 Å². The number of hydroxylamine groups is 2. The van der Waals surface area contributed by atoms with Gasteiger partial charge in [0.25, 0.3) is 5.91 Å². The van der Waals surface area contributed by atoms with Gasteiger partial charge in [-0.1, -0.05) is 42.5 Å². The minimum Gasteiger partial charge on any atom is -0.489 e. The first-order chi connectivity index (χ1) is 21.4. The summed E-state index contributed by atoms with van der Waals surface area (Å²) in [6.07, 6.45) is 0.360. The lowest BCUT2D eigenvalue weighted by Crippen LogP contribution is -2.51. The normalized spacial score (nSPS) is 16.4. The molecule has 3 heterocycles. The smallest absolute Gasteiger partial charge is 0.303 e. The Morgan fingerprint density at radius 3 is 2.50 bits per heavy atom.